The number of aliphatic hydroxyl groups is 1. The molecule has 1 unspecified atom stereocenters. The Kier molecular flexibility index (Phi) is 7.08. The van der Waals surface area contributed by atoms with Gasteiger partial charge in [-0.05, 0) is 30.9 Å². The van der Waals surface area contributed by atoms with Crippen molar-refractivity contribution in [2.45, 2.75) is 58.7 Å². The number of benzene rings is 1. The molecule has 0 saturated carbocycles. The van der Waals surface area contributed by atoms with Crippen LogP contribution in [0.4, 0.5) is 0 Å². The molecule has 10 heteroatoms. The molecule has 2 aromatic heterocycles. The van der Waals surface area contributed by atoms with Crippen molar-refractivity contribution in [3.05, 3.63) is 52.7 Å². The van der Waals surface area contributed by atoms with Crippen molar-refractivity contribution >= 4 is 23.2 Å². The second kappa shape index (κ2) is 10.0. The summed E-state index contributed by atoms with van der Waals surface area (Å²) >= 11 is 1.59. The molecule has 1 aliphatic rings. The predicted molar refractivity (Wildman–Crippen MR) is 127 cm³/mol. The summed E-state index contributed by atoms with van der Waals surface area (Å²) < 4.78 is 5.27. The Morgan fingerprint density at radius 1 is 1.26 bits per heavy atom. The summed E-state index contributed by atoms with van der Waals surface area (Å²) in [5.74, 6) is -0.704. The summed E-state index contributed by atoms with van der Waals surface area (Å²) in [4.78, 5) is 37.5. The first-order valence-electron chi connectivity index (χ1n) is 11.3. The molecule has 3 heterocycles. The number of hydrogen-bond acceptors (Lipinski definition) is 8. The lowest BCUT2D eigenvalue weighted by molar-refractivity contribution is -0.141. The van der Waals surface area contributed by atoms with Crippen molar-refractivity contribution in [1.29, 1.82) is 0 Å². The van der Waals surface area contributed by atoms with E-state index in [2.05, 4.69) is 20.4 Å². The highest BCUT2D eigenvalue weighted by molar-refractivity contribution is 7.13. The SMILES string of the molecule is Cc1noc(C(C(=O)N2C[C@H](O)C[C@H]2C(=O)NCc2ccc(-c3scnc3C)cc2)C(C)C)n1. The topological polar surface area (TPSA) is 121 Å². The van der Waals surface area contributed by atoms with Crippen LogP contribution in [0.25, 0.3) is 10.4 Å². The third-order valence-corrected chi connectivity index (χ3v) is 7.01. The standard InChI is InChI=1S/C24H29N5O4S/c1-13(2)20(23-27-15(4)28-33-23)24(32)29-11-18(30)9-19(29)22(31)25-10-16-5-7-17(8-6-16)21-14(3)26-12-34-21/h5-8,12-13,18-20,30H,9-11H2,1-4H3,(H,25,31)/t18-,19+,20?/m1/s1. The number of nitrogens with one attached hydrogen (secondary N) is 1. The van der Waals surface area contributed by atoms with Crippen LogP contribution in [0.5, 0.6) is 0 Å². The first-order chi connectivity index (χ1) is 16.2. The zero-order chi connectivity index (χ0) is 24.4. The van der Waals surface area contributed by atoms with Crippen LogP contribution in [-0.4, -0.2) is 55.6 Å². The van der Waals surface area contributed by atoms with E-state index in [4.69, 9.17) is 4.52 Å². The van der Waals surface area contributed by atoms with Gasteiger partial charge in [0.15, 0.2) is 5.82 Å². The van der Waals surface area contributed by atoms with E-state index in [0.717, 1.165) is 21.7 Å². The lowest BCUT2D eigenvalue weighted by Crippen LogP contribution is -2.48. The molecule has 1 fully saturated rings. The normalized spacial score (nSPS) is 18.9. The quantitative estimate of drug-likeness (QED) is 0.530. The summed E-state index contributed by atoms with van der Waals surface area (Å²) in [5, 5.41) is 17.0. The van der Waals surface area contributed by atoms with Gasteiger partial charge in [-0.2, -0.15) is 4.98 Å². The van der Waals surface area contributed by atoms with Gasteiger partial charge in [-0.25, -0.2) is 4.98 Å². The number of rotatable bonds is 7. The summed E-state index contributed by atoms with van der Waals surface area (Å²) in [7, 11) is 0. The smallest absolute Gasteiger partial charge is 0.243 e. The van der Waals surface area contributed by atoms with E-state index in [1.165, 1.54) is 4.90 Å². The molecule has 1 aromatic carbocycles. The number of hydrogen-bond donors (Lipinski definition) is 2. The van der Waals surface area contributed by atoms with Crippen LogP contribution >= 0.6 is 11.3 Å². The maximum absolute atomic E-state index is 13.4. The van der Waals surface area contributed by atoms with E-state index in [-0.39, 0.29) is 36.6 Å². The second-order valence-electron chi connectivity index (χ2n) is 8.98. The van der Waals surface area contributed by atoms with Gasteiger partial charge in [-0.1, -0.05) is 43.3 Å². The third kappa shape index (κ3) is 5.02. The molecule has 0 bridgehead atoms. The Balaban J connectivity index is 1.43. The van der Waals surface area contributed by atoms with Crippen LogP contribution < -0.4 is 5.32 Å². The van der Waals surface area contributed by atoms with E-state index < -0.39 is 18.1 Å². The highest BCUT2D eigenvalue weighted by Crippen LogP contribution is 2.30. The fourth-order valence-electron chi connectivity index (χ4n) is 4.26. The van der Waals surface area contributed by atoms with E-state index in [0.29, 0.717) is 12.4 Å². The highest BCUT2D eigenvalue weighted by Gasteiger charge is 2.43. The number of carbonyl (C=O) groups is 2. The van der Waals surface area contributed by atoms with Gasteiger partial charge in [-0.15, -0.1) is 11.3 Å². The molecule has 1 saturated heterocycles. The van der Waals surface area contributed by atoms with Crippen LogP contribution in [0.15, 0.2) is 34.3 Å². The number of aromatic nitrogens is 3. The number of nitrogens with zero attached hydrogens (tertiary/aromatic N) is 4. The summed E-state index contributed by atoms with van der Waals surface area (Å²) in [6, 6.07) is 7.20. The summed E-state index contributed by atoms with van der Waals surface area (Å²) in [6.45, 7) is 7.87. The summed E-state index contributed by atoms with van der Waals surface area (Å²) in [5.41, 5.74) is 4.84. The minimum absolute atomic E-state index is 0.0934. The molecule has 0 spiro atoms. The Bertz CT molecular complexity index is 1160. The van der Waals surface area contributed by atoms with Gasteiger partial charge >= 0.3 is 0 Å². The van der Waals surface area contributed by atoms with E-state index in [9.17, 15) is 14.7 Å². The van der Waals surface area contributed by atoms with Crippen LogP contribution in [0, 0.1) is 19.8 Å². The minimum atomic E-state index is -0.765. The Labute approximate surface area is 202 Å². The molecule has 9 nitrogen and oxygen atoms in total. The summed E-state index contributed by atoms with van der Waals surface area (Å²) in [6.07, 6.45) is -0.576. The number of likely N-dealkylation sites (tertiary alicyclic amines) is 1. The molecule has 180 valence electrons. The lowest BCUT2D eigenvalue weighted by Gasteiger charge is -2.28. The largest absolute Gasteiger partial charge is 0.391 e. The van der Waals surface area contributed by atoms with Gasteiger partial charge in [0.1, 0.15) is 12.0 Å². The van der Waals surface area contributed by atoms with Crippen molar-refractivity contribution in [3.8, 4) is 10.4 Å². The van der Waals surface area contributed by atoms with Crippen LogP contribution in [0.3, 0.4) is 0 Å². The van der Waals surface area contributed by atoms with Gasteiger partial charge in [0.05, 0.1) is 22.2 Å². The first-order valence-corrected chi connectivity index (χ1v) is 12.2. The number of aryl methyl sites for hydroxylation is 2. The average molecular weight is 484 g/mol. The zero-order valence-corrected chi connectivity index (χ0v) is 20.5. The van der Waals surface area contributed by atoms with Gasteiger partial charge in [0, 0.05) is 19.5 Å². The van der Waals surface area contributed by atoms with E-state index in [1.807, 2.05) is 50.5 Å². The van der Waals surface area contributed by atoms with Crippen molar-refractivity contribution in [1.82, 2.24) is 25.3 Å². The minimum Gasteiger partial charge on any atom is -0.391 e. The molecule has 34 heavy (non-hydrogen) atoms. The number of amides is 2. The maximum Gasteiger partial charge on any atom is 0.243 e. The first kappa shape index (κ1) is 24.0. The number of thiazole rings is 1. The van der Waals surface area contributed by atoms with Crippen molar-refractivity contribution in [3.63, 3.8) is 0 Å². The predicted octanol–water partition coefficient (Wildman–Crippen LogP) is 2.83. The fourth-order valence-corrected chi connectivity index (χ4v) is 5.07. The molecular formula is C24H29N5O4S. The molecule has 2 N–H and O–H groups in total. The lowest BCUT2D eigenvalue weighted by atomic mass is 9.93. The van der Waals surface area contributed by atoms with Crippen LogP contribution in [0.1, 0.15) is 49.2 Å². The molecule has 0 radical (unpaired) electrons. The van der Waals surface area contributed by atoms with E-state index >= 15 is 0 Å². The number of carbonyl (C=O) groups excluding carboxylic acids is 2. The number of aliphatic hydroxyl groups excluding tert-OH is 1. The van der Waals surface area contributed by atoms with Gasteiger partial charge in [-0.3, -0.25) is 9.59 Å². The number of β-amino-alcohol motifs (C(OH)–C–C–N with tert-alkyl or cyclic N) is 1. The Morgan fingerprint density at radius 2 is 2.00 bits per heavy atom. The highest BCUT2D eigenvalue weighted by atomic mass is 32.1. The van der Waals surface area contributed by atoms with Crippen LogP contribution in [-0.2, 0) is 16.1 Å². The molecule has 1 aliphatic heterocycles. The van der Waals surface area contributed by atoms with E-state index in [1.54, 1.807) is 18.3 Å². The van der Waals surface area contributed by atoms with Crippen molar-refractivity contribution in [2.75, 3.05) is 6.54 Å². The third-order valence-electron chi connectivity index (χ3n) is 6.04. The average Bonchev–Trinajstić information content (AvgIpc) is 3.52. The molecule has 0 aliphatic carbocycles. The van der Waals surface area contributed by atoms with Gasteiger partial charge < -0.3 is 19.8 Å². The van der Waals surface area contributed by atoms with Gasteiger partial charge in [0.2, 0.25) is 17.7 Å². The maximum atomic E-state index is 13.4. The molecule has 3 atom stereocenters. The zero-order valence-electron chi connectivity index (χ0n) is 19.7. The molecule has 3 aromatic rings. The molecular weight excluding hydrogens is 454 g/mol. The monoisotopic (exact) mass is 483 g/mol. The molecule has 4 rings (SSSR count). The Morgan fingerprint density at radius 3 is 2.59 bits per heavy atom. The van der Waals surface area contributed by atoms with Crippen molar-refractivity contribution < 1.29 is 19.2 Å². The Hall–Kier alpha value is -3.11. The fraction of sp³-hybridized carbons (Fsp3) is 0.458. The van der Waals surface area contributed by atoms with Gasteiger partial charge in [0.25, 0.3) is 0 Å². The van der Waals surface area contributed by atoms with Crippen molar-refractivity contribution in [2.24, 2.45) is 5.92 Å². The molecule has 2 amide bonds. The van der Waals surface area contributed by atoms with Crippen LogP contribution in [0.2, 0.25) is 0 Å². The second-order valence-corrected chi connectivity index (χ2v) is 9.83.